The van der Waals surface area contributed by atoms with Gasteiger partial charge in [-0.15, -0.1) is 0 Å². The molecule has 156 valence electrons. The third-order valence-corrected chi connectivity index (χ3v) is 6.03. The molecule has 0 bridgehead atoms. The second-order valence-electron chi connectivity index (χ2n) is 7.67. The molecule has 4 rings (SSSR count). The van der Waals surface area contributed by atoms with Crippen molar-refractivity contribution in [1.82, 2.24) is 9.88 Å². The summed E-state index contributed by atoms with van der Waals surface area (Å²) in [5, 5.41) is 1.51. The number of ether oxygens (including phenoxy) is 1. The van der Waals surface area contributed by atoms with Gasteiger partial charge in [0, 0.05) is 18.5 Å². The van der Waals surface area contributed by atoms with Crippen molar-refractivity contribution in [3.8, 4) is 5.75 Å². The number of furan rings is 1. The smallest absolute Gasteiger partial charge is 0.295 e. The average Bonchev–Trinajstić information content (AvgIpc) is 3.31. The lowest BCUT2D eigenvalue weighted by atomic mass is 10.1. The predicted octanol–water partition coefficient (Wildman–Crippen LogP) is 4.88. The zero-order valence-electron chi connectivity index (χ0n) is 17.9. The largest absolute Gasteiger partial charge is 0.493 e. The first-order chi connectivity index (χ1) is 14.4. The second-order valence-corrected chi connectivity index (χ2v) is 8.68. The zero-order valence-corrected chi connectivity index (χ0v) is 18.7. The van der Waals surface area contributed by atoms with E-state index in [0.717, 1.165) is 21.2 Å². The number of carbonyl (C=O) groups excluding carboxylic acids is 1. The molecule has 0 aliphatic carbocycles. The number of methoxy groups -OCH3 is 1. The van der Waals surface area contributed by atoms with Crippen LogP contribution in [0.2, 0.25) is 0 Å². The molecule has 0 aliphatic heterocycles. The molecule has 0 spiro atoms. The number of aryl methyl sites for hydroxylation is 2. The number of aromatic nitrogens is 1. The number of likely N-dealkylation sites (N-methyl/N-ethyl adjacent to an activating group) is 1. The van der Waals surface area contributed by atoms with Gasteiger partial charge in [0.05, 0.1) is 17.3 Å². The Morgan fingerprint density at radius 2 is 1.97 bits per heavy atom. The van der Waals surface area contributed by atoms with Crippen LogP contribution in [0.25, 0.3) is 21.2 Å². The van der Waals surface area contributed by atoms with Crippen LogP contribution < -0.4 is 9.64 Å². The molecule has 0 atom stereocenters. The van der Waals surface area contributed by atoms with Crippen molar-refractivity contribution < 1.29 is 13.9 Å². The summed E-state index contributed by atoms with van der Waals surface area (Å²) in [5.41, 5.74) is 3.81. The molecule has 2 aromatic carbocycles. The molecule has 2 heterocycles. The summed E-state index contributed by atoms with van der Waals surface area (Å²) >= 11 is 1.53. The van der Waals surface area contributed by atoms with Gasteiger partial charge >= 0.3 is 0 Å². The maximum absolute atomic E-state index is 13.5. The van der Waals surface area contributed by atoms with Crippen molar-refractivity contribution in [3.05, 3.63) is 53.3 Å². The molecule has 30 heavy (non-hydrogen) atoms. The highest BCUT2D eigenvalue weighted by Crippen LogP contribution is 2.34. The van der Waals surface area contributed by atoms with Gasteiger partial charge < -0.3 is 14.1 Å². The summed E-state index contributed by atoms with van der Waals surface area (Å²) in [5.74, 6) is 0.682. The zero-order chi connectivity index (χ0) is 21.4. The van der Waals surface area contributed by atoms with Gasteiger partial charge in [0.15, 0.2) is 22.2 Å². The van der Waals surface area contributed by atoms with E-state index in [4.69, 9.17) is 14.1 Å². The standard InChI is InChI=1S/C23H25N3O3S/c1-14-11-15(2)20-19(12-14)30-23(24-20)26(10-9-25(3)4)22(27)18-13-16-7-6-8-17(28-5)21(16)29-18/h6-8,11-13H,9-10H2,1-5H3. The summed E-state index contributed by atoms with van der Waals surface area (Å²) in [6, 6.07) is 11.6. The predicted molar refractivity (Wildman–Crippen MR) is 122 cm³/mol. The summed E-state index contributed by atoms with van der Waals surface area (Å²) in [6.45, 7) is 5.35. The van der Waals surface area contributed by atoms with Crippen LogP contribution in [-0.2, 0) is 0 Å². The Kier molecular flexibility index (Phi) is 5.49. The van der Waals surface area contributed by atoms with Gasteiger partial charge in [0.25, 0.3) is 5.91 Å². The Morgan fingerprint density at radius 3 is 2.70 bits per heavy atom. The number of thiazole rings is 1. The number of para-hydroxylation sites is 1. The van der Waals surface area contributed by atoms with Crippen molar-refractivity contribution >= 4 is 43.6 Å². The van der Waals surface area contributed by atoms with Crippen molar-refractivity contribution in [2.24, 2.45) is 0 Å². The first-order valence-corrected chi connectivity index (χ1v) is 10.6. The number of hydrogen-bond donors (Lipinski definition) is 0. The highest BCUT2D eigenvalue weighted by molar-refractivity contribution is 7.22. The molecule has 4 aromatic rings. The van der Waals surface area contributed by atoms with Crippen molar-refractivity contribution in [3.63, 3.8) is 0 Å². The number of anilines is 1. The Hall–Kier alpha value is -2.90. The molecule has 7 heteroatoms. The van der Waals surface area contributed by atoms with E-state index in [2.05, 4.69) is 26.0 Å². The molecule has 0 N–H and O–H groups in total. The summed E-state index contributed by atoms with van der Waals surface area (Å²) in [6.07, 6.45) is 0. The van der Waals surface area contributed by atoms with Crippen molar-refractivity contribution in [2.75, 3.05) is 39.2 Å². The van der Waals surface area contributed by atoms with Crippen LogP contribution in [0, 0.1) is 13.8 Å². The minimum absolute atomic E-state index is 0.205. The molecule has 1 amide bonds. The van der Waals surface area contributed by atoms with Gasteiger partial charge in [0.2, 0.25) is 0 Å². The van der Waals surface area contributed by atoms with Crippen molar-refractivity contribution in [2.45, 2.75) is 13.8 Å². The van der Waals surface area contributed by atoms with Crippen LogP contribution >= 0.6 is 11.3 Å². The fraction of sp³-hybridized carbons (Fsp3) is 0.304. The van der Waals surface area contributed by atoms with Crippen LogP contribution in [0.5, 0.6) is 5.75 Å². The summed E-state index contributed by atoms with van der Waals surface area (Å²) in [4.78, 5) is 22.1. The number of amides is 1. The second kappa shape index (κ2) is 8.08. The van der Waals surface area contributed by atoms with E-state index in [9.17, 15) is 4.79 Å². The highest BCUT2D eigenvalue weighted by atomic mass is 32.1. The minimum Gasteiger partial charge on any atom is -0.493 e. The fourth-order valence-corrected chi connectivity index (χ4v) is 4.66. The lowest BCUT2D eigenvalue weighted by molar-refractivity contribution is 0.0960. The molecule has 6 nitrogen and oxygen atoms in total. The van der Waals surface area contributed by atoms with E-state index in [1.807, 2.05) is 37.2 Å². The van der Waals surface area contributed by atoms with E-state index < -0.39 is 0 Å². The lowest BCUT2D eigenvalue weighted by Crippen LogP contribution is -2.36. The number of fused-ring (bicyclic) bond motifs is 2. The molecule has 0 unspecified atom stereocenters. The van der Waals surface area contributed by atoms with E-state index in [-0.39, 0.29) is 11.7 Å². The van der Waals surface area contributed by atoms with Crippen LogP contribution in [-0.4, -0.2) is 50.1 Å². The maximum atomic E-state index is 13.5. The molecule has 2 aromatic heterocycles. The number of rotatable bonds is 6. The van der Waals surface area contributed by atoms with Crippen LogP contribution in [0.4, 0.5) is 5.13 Å². The normalized spacial score (nSPS) is 11.5. The Labute approximate surface area is 179 Å². The third kappa shape index (κ3) is 3.78. The van der Waals surface area contributed by atoms with Crippen LogP contribution in [0.1, 0.15) is 21.7 Å². The van der Waals surface area contributed by atoms with Gasteiger partial charge in [0.1, 0.15) is 0 Å². The SMILES string of the molecule is COc1cccc2cc(C(=O)N(CCN(C)C)c3nc4c(C)cc(C)cc4s3)oc12. The van der Waals surface area contributed by atoms with Gasteiger partial charge in [-0.2, -0.15) is 0 Å². The van der Waals surface area contributed by atoms with E-state index >= 15 is 0 Å². The van der Waals surface area contributed by atoms with Crippen molar-refractivity contribution in [1.29, 1.82) is 0 Å². The first kappa shape index (κ1) is 20.4. The minimum atomic E-state index is -0.205. The van der Waals surface area contributed by atoms with Gasteiger partial charge in [-0.05, 0) is 57.3 Å². The average molecular weight is 424 g/mol. The van der Waals surface area contributed by atoms with Gasteiger partial charge in [-0.3, -0.25) is 9.69 Å². The molecule has 0 saturated carbocycles. The third-order valence-electron chi connectivity index (χ3n) is 5.00. The molecule has 0 fully saturated rings. The first-order valence-electron chi connectivity index (χ1n) is 9.78. The maximum Gasteiger partial charge on any atom is 0.295 e. The Balaban J connectivity index is 1.77. The van der Waals surface area contributed by atoms with E-state index in [0.29, 0.717) is 29.6 Å². The van der Waals surface area contributed by atoms with E-state index in [1.165, 1.54) is 16.9 Å². The molecule has 0 radical (unpaired) electrons. The number of benzene rings is 2. The van der Waals surface area contributed by atoms with Crippen LogP contribution in [0.15, 0.2) is 40.8 Å². The lowest BCUT2D eigenvalue weighted by Gasteiger charge is -2.20. The van der Waals surface area contributed by atoms with Gasteiger partial charge in [-0.1, -0.05) is 29.5 Å². The van der Waals surface area contributed by atoms with Crippen LogP contribution in [0.3, 0.4) is 0 Å². The molecular weight excluding hydrogens is 398 g/mol. The topological polar surface area (TPSA) is 58.8 Å². The quantitative estimate of drug-likeness (QED) is 0.443. The number of carbonyl (C=O) groups is 1. The number of hydrogen-bond acceptors (Lipinski definition) is 6. The highest BCUT2D eigenvalue weighted by Gasteiger charge is 2.25. The Bertz CT molecular complexity index is 1230. The summed E-state index contributed by atoms with van der Waals surface area (Å²) < 4.78 is 12.4. The van der Waals surface area contributed by atoms with E-state index in [1.54, 1.807) is 18.1 Å². The molecule has 0 aliphatic rings. The fourth-order valence-electron chi connectivity index (χ4n) is 3.49. The van der Waals surface area contributed by atoms with Gasteiger partial charge in [-0.25, -0.2) is 4.98 Å². The Morgan fingerprint density at radius 1 is 1.17 bits per heavy atom. The molecular formula is C23H25N3O3S. The molecule has 0 saturated heterocycles. The monoisotopic (exact) mass is 423 g/mol. The summed E-state index contributed by atoms with van der Waals surface area (Å²) in [7, 11) is 5.56. The number of nitrogens with zero attached hydrogens (tertiary/aromatic N) is 3.